The molecule has 0 saturated heterocycles. The predicted molar refractivity (Wildman–Crippen MR) is 71.0 cm³/mol. The zero-order chi connectivity index (χ0) is 14.4. The maximum Gasteiger partial charge on any atom is 0.181 e. The van der Waals surface area contributed by atoms with Crippen molar-refractivity contribution in [3.05, 3.63) is 29.8 Å². The highest BCUT2D eigenvalue weighted by Crippen LogP contribution is 2.65. The lowest BCUT2D eigenvalue weighted by atomic mass is 9.82. The topological polar surface area (TPSA) is 40.5 Å². The summed E-state index contributed by atoms with van der Waals surface area (Å²) in [6.07, 6.45) is 0. The van der Waals surface area contributed by atoms with Crippen LogP contribution in [-0.4, -0.2) is 13.9 Å². The zero-order valence-electron chi connectivity index (χ0n) is 11.3. The summed E-state index contributed by atoms with van der Waals surface area (Å²) in [4.78, 5) is -0.359. The van der Waals surface area contributed by atoms with Crippen LogP contribution in [0.5, 0.6) is 0 Å². The van der Waals surface area contributed by atoms with Crippen LogP contribution in [0.4, 0.5) is 8.78 Å². The Labute approximate surface area is 108 Å². The minimum absolute atomic E-state index is 0.359. The van der Waals surface area contributed by atoms with Gasteiger partial charge < -0.3 is 0 Å². The van der Waals surface area contributed by atoms with Crippen molar-refractivity contribution in [3.63, 3.8) is 0 Å². The molecular weight excluding hydrogens is 258 g/mol. The molecule has 0 atom stereocenters. The van der Waals surface area contributed by atoms with Crippen LogP contribution < -0.4 is 0 Å². The fourth-order valence-corrected chi connectivity index (χ4v) is 3.43. The van der Waals surface area contributed by atoms with E-state index in [2.05, 4.69) is 0 Å². The number of benzene rings is 1. The second-order valence-corrected chi connectivity index (χ2v) is 8.42. The van der Waals surface area contributed by atoms with E-state index in [1.54, 1.807) is 13.8 Å². The van der Waals surface area contributed by atoms with E-state index in [9.17, 15) is 17.9 Å². The van der Waals surface area contributed by atoms with Gasteiger partial charge in [-0.1, -0.05) is 26.8 Å². The van der Waals surface area contributed by atoms with E-state index in [-0.39, 0.29) is 4.90 Å². The Hall–Kier alpha value is -0.650. The van der Waals surface area contributed by atoms with E-state index in [0.717, 1.165) is 6.07 Å². The Morgan fingerprint density at radius 1 is 1.00 bits per heavy atom. The van der Waals surface area contributed by atoms with Crippen LogP contribution in [0.3, 0.4) is 0 Å². The van der Waals surface area contributed by atoms with Gasteiger partial charge in [0.05, 0.1) is 9.64 Å². The molecule has 18 heavy (non-hydrogen) atoms. The van der Waals surface area contributed by atoms with Crippen molar-refractivity contribution in [2.24, 2.45) is 5.41 Å². The smallest absolute Gasteiger partial charge is 0.181 e. The van der Waals surface area contributed by atoms with Crippen molar-refractivity contribution in [1.82, 2.24) is 0 Å². The highest BCUT2D eigenvalue weighted by molar-refractivity contribution is 8.25. The van der Waals surface area contributed by atoms with E-state index < -0.39 is 32.4 Å². The quantitative estimate of drug-likeness (QED) is 0.807. The molecule has 0 saturated carbocycles. The van der Waals surface area contributed by atoms with Crippen molar-refractivity contribution in [1.29, 1.82) is 0 Å². The molecule has 2 nitrogen and oxygen atoms in total. The van der Waals surface area contributed by atoms with Gasteiger partial charge in [-0.05, 0) is 31.4 Å². The summed E-state index contributed by atoms with van der Waals surface area (Å²) in [7, 11) is -3.46. The lowest BCUT2D eigenvalue weighted by Gasteiger charge is -2.53. The van der Waals surface area contributed by atoms with E-state index in [4.69, 9.17) is 0 Å². The highest BCUT2D eigenvalue weighted by Gasteiger charge is 2.46. The molecule has 0 heterocycles. The Morgan fingerprint density at radius 3 is 1.94 bits per heavy atom. The standard InChI is InChI=1S/C13H20F2O2S/c1-12(2,3)13(4,5)18(16,17)10-8-6-7-9(14)11(10)15/h6-8,16-17H,1-5H3. The molecule has 1 aromatic rings. The van der Waals surface area contributed by atoms with Crippen LogP contribution >= 0.6 is 10.6 Å². The molecular formula is C13H20F2O2S. The van der Waals surface area contributed by atoms with Gasteiger partial charge >= 0.3 is 0 Å². The number of halogens is 2. The molecule has 0 amide bonds. The predicted octanol–water partition coefficient (Wildman–Crippen LogP) is 4.90. The summed E-state index contributed by atoms with van der Waals surface area (Å²) in [5.74, 6) is -2.26. The maximum absolute atomic E-state index is 13.7. The average molecular weight is 278 g/mol. The van der Waals surface area contributed by atoms with Crippen LogP contribution in [0.25, 0.3) is 0 Å². The first-order valence-corrected chi connectivity index (χ1v) is 7.19. The number of hydrogen-bond donors (Lipinski definition) is 2. The Bertz CT molecular complexity index is 451. The normalized spacial score (nSPS) is 14.7. The molecule has 0 unspecified atom stereocenters. The minimum Gasteiger partial charge on any atom is -0.294 e. The largest absolute Gasteiger partial charge is 0.294 e. The van der Waals surface area contributed by atoms with Crippen molar-refractivity contribution in [2.45, 2.75) is 44.3 Å². The second-order valence-electron chi connectivity index (χ2n) is 5.86. The van der Waals surface area contributed by atoms with Gasteiger partial charge in [0.2, 0.25) is 0 Å². The fraction of sp³-hybridized carbons (Fsp3) is 0.538. The third kappa shape index (κ3) is 2.27. The Morgan fingerprint density at radius 2 is 1.50 bits per heavy atom. The number of hydrogen-bond acceptors (Lipinski definition) is 2. The summed E-state index contributed by atoms with van der Waals surface area (Å²) in [5.41, 5.74) is -0.482. The minimum atomic E-state index is -3.46. The molecule has 0 bridgehead atoms. The molecule has 0 spiro atoms. The zero-order valence-corrected chi connectivity index (χ0v) is 12.1. The molecule has 2 N–H and O–H groups in total. The van der Waals surface area contributed by atoms with Gasteiger partial charge in [-0.25, -0.2) is 8.78 Å². The van der Waals surface area contributed by atoms with Gasteiger partial charge in [0, 0.05) is 0 Å². The Balaban J connectivity index is 3.43. The summed E-state index contributed by atoms with van der Waals surface area (Å²) in [6.45, 7) is 8.79. The summed E-state index contributed by atoms with van der Waals surface area (Å²) in [5, 5.41) is 0. The van der Waals surface area contributed by atoms with Crippen molar-refractivity contribution in [2.75, 3.05) is 0 Å². The molecule has 0 fully saturated rings. The van der Waals surface area contributed by atoms with Gasteiger partial charge in [-0.2, -0.15) is 10.6 Å². The molecule has 0 aliphatic heterocycles. The molecule has 0 aromatic heterocycles. The fourth-order valence-electron chi connectivity index (χ4n) is 1.41. The van der Waals surface area contributed by atoms with Gasteiger partial charge in [0.25, 0.3) is 0 Å². The second kappa shape index (κ2) is 4.47. The average Bonchev–Trinajstić information content (AvgIpc) is 2.19. The molecule has 0 aliphatic carbocycles. The maximum atomic E-state index is 13.7. The van der Waals surface area contributed by atoms with Crippen molar-refractivity contribution < 1.29 is 17.9 Å². The van der Waals surface area contributed by atoms with Gasteiger partial charge in [-0.15, -0.1) is 0 Å². The van der Waals surface area contributed by atoms with E-state index >= 15 is 0 Å². The first-order valence-electron chi connectivity index (χ1n) is 5.65. The van der Waals surface area contributed by atoms with E-state index in [0.29, 0.717) is 0 Å². The summed E-state index contributed by atoms with van der Waals surface area (Å²) in [6, 6.07) is 3.46. The summed E-state index contributed by atoms with van der Waals surface area (Å²) < 4.78 is 46.7. The molecule has 1 rings (SSSR count). The van der Waals surface area contributed by atoms with Crippen molar-refractivity contribution >= 4 is 10.6 Å². The first-order chi connectivity index (χ1) is 7.93. The SMILES string of the molecule is CC(C)(C)C(C)(C)S(O)(O)c1cccc(F)c1F. The van der Waals surface area contributed by atoms with Crippen molar-refractivity contribution in [3.8, 4) is 0 Å². The molecule has 5 heteroatoms. The van der Waals surface area contributed by atoms with Gasteiger partial charge in [-0.3, -0.25) is 9.11 Å². The summed E-state index contributed by atoms with van der Waals surface area (Å²) >= 11 is 0. The van der Waals surface area contributed by atoms with E-state index in [1.165, 1.54) is 12.1 Å². The molecule has 0 radical (unpaired) electrons. The lowest BCUT2D eigenvalue weighted by molar-refractivity contribution is 0.277. The monoisotopic (exact) mass is 278 g/mol. The third-order valence-electron chi connectivity index (χ3n) is 3.74. The third-order valence-corrected chi connectivity index (χ3v) is 6.70. The lowest BCUT2D eigenvalue weighted by Crippen LogP contribution is -2.41. The molecule has 104 valence electrons. The van der Waals surface area contributed by atoms with Crippen LogP contribution in [0.2, 0.25) is 0 Å². The highest BCUT2D eigenvalue weighted by atomic mass is 32.3. The van der Waals surface area contributed by atoms with Gasteiger partial charge in [0.15, 0.2) is 11.6 Å². The Kier molecular flexibility index (Phi) is 3.83. The van der Waals surface area contributed by atoms with Crippen LogP contribution in [0.15, 0.2) is 23.1 Å². The van der Waals surface area contributed by atoms with Gasteiger partial charge in [0.1, 0.15) is 0 Å². The van der Waals surface area contributed by atoms with E-state index in [1.807, 2.05) is 20.8 Å². The number of rotatable bonds is 2. The first kappa shape index (κ1) is 15.4. The molecule has 0 aliphatic rings. The van der Waals surface area contributed by atoms with Crippen LogP contribution in [0.1, 0.15) is 34.6 Å². The van der Waals surface area contributed by atoms with Crippen LogP contribution in [0, 0.1) is 17.0 Å². The molecule has 1 aromatic carbocycles. The van der Waals surface area contributed by atoms with Crippen LogP contribution in [-0.2, 0) is 0 Å².